The number of amides is 1. The lowest BCUT2D eigenvalue weighted by Gasteiger charge is -2.16. The number of rotatable bonds is 7. The fourth-order valence-corrected chi connectivity index (χ4v) is 4.20. The maximum absolute atomic E-state index is 12.8. The van der Waals surface area contributed by atoms with Crippen LogP contribution in [-0.2, 0) is 9.53 Å². The number of benzene rings is 2. The predicted molar refractivity (Wildman–Crippen MR) is 125 cm³/mol. The van der Waals surface area contributed by atoms with Gasteiger partial charge < -0.3 is 14.8 Å². The van der Waals surface area contributed by atoms with Crippen LogP contribution >= 0.6 is 22.9 Å². The van der Waals surface area contributed by atoms with E-state index in [0.717, 1.165) is 21.6 Å². The summed E-state index contributed by atoms with van der Waals surface area (Å²) in [7, 11) is 0. The molecule has 1 unspecified atom stereocenters. The van der Waals surface area contributed by atoms with Gasteiger partial charge in [0.1, 0.15) is 10.8 Å². The Hall–Kier alpha value is -2.83. The van der Waals surface area contributed by atoms with Gasteiger partial charge in [-0.25, -0.2) is 4.79 Å². The minimum Gasteiger partial charge on any atom is -0.481 e. The summed E-state index contributed by atoms with van der Waals surface area (Å²) in [4.78, 5) is 26.1. The standard InChI is InChI=1S/C24H24ClNO4S/c1-5-29-24(28)19-13-20(17-9-7-6-8-10-17)31-23(19)26-22(27)16(4)30-18-11-14(2)21(25)15(3)12-18/h6-13,16H,5H2,1-4H3,(H,26,27). The van der Waals surface area contributed by atoms with Gasteiger partial charge in [-0.15, -0.1) is 11.3 Å². The molecule has 0 saturated heterocycles. The highest BCUT2D eigenvalue weighted by Gasteiger charge is 2.23. The number of hydrogen-bond donors (Lipinski definition) is 1. The highest BCUT2D eigenvalue weighted by molar-refractivity contribution is 7.20. The van der Waals surface area contributed by atoms with Gasteiger partial charge in [0.2, 0.25) is 0 Å². The molecule has 0 bridgehead atoms. The van der Waals surface area contributed by atoms with E-state index in [0.29, 0.717) is 21.3 Å². The third-order valence-corrected chi connectivity index (χ3v) is 6.31. The molecule has 0 aliphatic rings. The van der Waals surface area contributed by atoms with Crippen molar-refractivity contribution in [3.8, 4) is 16.2 Å². The summed E-state index contributed by atoms with van der Waals surface area (Å²) in [6, 6.07) is 15.0. The summed E-state index contributed by atoms with van der Waals surface area (Å²) in [6.45, 7) is 7.42. The molecule has 0 spiro atoms. The topological polar surface area (TPSA) is 64.6 Å². The van der Waals surface area contributed by atoms with Gasteiger partial charge in [0.05, 0.1) is 12.2 Å². The summed E-state index contributed by atoms with van der Waals surface area (Å²) in [5.41, 5.74) is 3.03. The Bertz CT molecular complexity index is 1070. The molecule has 5 nitrogen and oxygen atoms in total. The number of carbonyl (C=O) groups is 2. The summed E-state index contributed by atoms with van der Waals surface area (Å²) < 4.78 is 11.0. The van der Waals surface area contributed by atoms with Crippen LogP contribution < -0.4 is 10.1 Å². The highest BCUT2D eigenvalue weighted by Crippen LogP contribution is 2.36. The van der Waals surface area contributed by atoms with Crippen LogP contribution in [0.4, 0.5) is 5.00 Å². The zero-order valence-corrected chi connectivity index (χ0v) is 19.4. The average Bonchev–Trinajstić information content (AvgIpc) is 3.16. The van der Waals surface area contributed by atoms with Gasteiger partial charge in [-0.1, -0.05) is 41.9 Å². The molecular weight excluding hydrogens is 434 g/mol. The minimum absolute atomic E-state index is 0.248. The lowest BCUT2D eigenvalue weighted by molar-refractivity contribution is -0.122. The maximum Gasteiger partial charge on any atom is 0.341 e. The number of carbonyl (C=O) groups excluding carboxylic acids is 2. The molecular formula is C24H24ClNO4S. The smallest absolute Gasteiger partial charge is 0.341 e. The van der Waals surface area contributed by atoms with E-state index in [1.807, 2.05) is 44.2 Å². The Morgan fingerprint density at radius 1 is 1.10 bits per heavy atom. The van der Waals surface area contributed by atoms with Crippen LogP contribution in [0.25, 0.3) is 10.4 Å². The Balaban J connectivity index is 1.82. The van der Waals surface area contributed by atoms with Crippen molar-refractivity contribution in [2.24, 2.45) is 0 Å². The van der Waals surface area contributed by atoms with Crippen molar-refractivity contribution >= 4 is 39.8 Å². The van der Waals surface area contributed by atoms with Crippen LogP contribution in [-0.4, -0.2) is 24.6 Å². The van der Waals surface area contributed by atoms with E-state index in [1.54, 1.807) is 32.0 Å². The molecule has 0 radical (unpaired) electrons. The third kappa shape index (κ3) is 5.46. The second-order valence-electron chi connectivity index (χ2n) is 7.06. The molecule has 1 N–H and O–H groups in total. The molecule has 1 aromatic heterocycles. The molecule has 0 aliphatic carbocycles. The zero-order chi connectivity index (χ0) is 22.5. The van der Waals surface area contributed by atoms with Crippen molar-refractivity contribution in [3.63, 3.8) is 0 Å². The first-order chi connectivity index (χ1) is 14.8. The van der Waals surface area contributed by atoms with Crippen LogP contribution in [0.15, 0.2) is 48.5 Å². The number of aryl methyl sites for hydroxylation is 2. The molecule has 1 amide bonds. The maximum atomic E-state index is 12.8. The molecule has 7 heteroatoms. The van der Waals surface area contributed by atoms with Gasteiger partial charge in [0.15, 0.2) is 6.10 Å². The number of thiophene rings is 1. The molecule has 0 saturated carbocycles. The zero-order valence-electron chi connectivity index (χ0n) is 17.8. The fourth-order valence-electron chi connectivity index (χ4n) is 3.03. The summed E-state index contributed by atoms with van der Waals surface area (Å²) in [5.74, 6) is -0.283. The van der Waals surface area contributed by atoms with Gasteiger partial charge in [0.25, 0.3) is 5.91 Å². The van der Waals surface area contributed by atoms with Crippen molar-refractivity contribution in [2.45, 2.75) is 33.8 Å². The van der Waals surface area contributed by atoms with Crippen LogP contribution in [0.2, 0.25) is 5.02 Å². The van der Waals surface area contributed by atoms with Gasteiger partial charge in [-0.2, -0.15) is 0 Å². The van der Waals surface area contributed by atoms with E-state index >= 15 is 0 Å². The number of nitrogens with one attached hydrogen (secondary N) is 1. The molecule has 0 aliphatic heterocycles. The SMILES string of the molecule is CCOC(=O)c1cc(-c2ccccc2)sc1NC(=O)C(C)Oc1cc(C)c(Cl)c(C)c1. The summed E-state index contributed by atoms with van der Waals surface area (Å²) in [6.07, 6.45) is -0.780. The Kier molecular flexibility index (Phi) is 7.36. The Morgan fingerprint density at radius 2 is 1.74 bits per heavy atom. The fraction of sp³-hybridized carbons (Fsp3) is 0.250. The minimum atomic E-state index is -0.780. The molecule has 3 aromatic rings. The molecule has 31 heavy (non-hydrogen) atoms. The van der Waals surface area contributed by atoms with Gasteiger partial charge >= 0.3 is 5.97 Å². The molecule has 3 rings (SSSR count). The first-order valence-electron chi connectivity index (χ1n) is 9.90. The van der Waals surface area contributed by atoms with Crippen molar-refractivity contribution in [3.05, 3.63) is 70.2 Å². The van der Waals surface area contributed by atoms with Crippen molar-refractivity contribution < 1.29 is 19.1 Å². The monoisotopic (exact) mass is 457 g/mol. The van der Waals surface area contributed by atoms with E-state index in [9.17, 15) is 9.59 Å². The second kappa shape index (κ2) is 9.98. The lowest BCUT2D eigenvalue weighted by Crippen LogP contribution is -2.30. The van der Waals surface area contributed by atoms with E-state index in [2.05, 4.69) is 5.32 Å². The normalized spacial score (nSPS) is 11.6. The van der Waals surface area contributed by atoms with E-state index in [4.69, 9.17) is 21.1 Å². The quantitative estimate of drug-likeness (QED) is 0.425. The van der Waals surface area contributed by atoms with E-state index in [-0.39, 0.29) is 12.5 Å². The van der Waals surface area contributed by atoms with Gasteiger partial charge in [-0.3, -0.25) is 4.79 Å². The number of hydrogen-bond acceptors (Lipinski definition) is 5. The first-order valence-corrected chi connectivity index (χ1v) is 11.1. The van der Waals surface area contributed by atoms with Crippen LogP contribution in [0.5, 0.6) is 5.75 Å². The molecule has 1 heterocycles. The average molecular weight is 458 g/mol. The van der Waals surface area contributed by atoms with E-state index < -0.39 is 12.1 Å². The Labute approximate surface area is 191 Å². The van der Waals surface area contributed by atoms with Crippen molar-refractivity contribution in [1.82, 2.24) is 0 Å². The molecule has 2 aromatic carbocycles. The number of halogens is 1. The Morgan fingerprint density at radius 3 is 2.35 bits per heavy atom. The molecule has 1 atom stereocenters. The largest absolute Gasteiger partial charge is 0.481 e. The summed E-state index contributed by atoms with van der Waals surface area (Å²) >= 11 is 7.52. The van der Waals surface area contributed by atoms with Crippen LogP contribution in [0.3, 0.4) is 0 Å². The van der Waals surface area contributed by atoms with Crippen LogP contribution in [0, 0.1) is 13.8 Å². The van der Waals surface area contributed by atoms with Crippen LogP contribution in [0.1, 0.15) is 35.3 Å². The predicted octanol–water partition coefficient (Wildman–Crippen LogP) is 6.27. The second-order valence-corrected chi connectivity index (χ2v) is 8.49. The van der Waals surface area contributed by atoms with Gasteiger partial charge in [-0.05, 0) is 62.6 Å². The molecule has 0 fully saturated rings. The first kappa shape index (κ1) is 22.8. The molecule has 162 valence electrons. The van der Waals surface area contributed by atoms with Gasteiger partial charge in [0, 0.05) is 9.90 Å². The number of ether oxygens (including phenoxy) is 2. The summed E-state index contributed by atoms with van der Waals surface area (Å²) in [5, 5.41) is 3.94. The third-order valence-electron chi connectivity index (χ3n) is 4.61. The number of anilines is 1. The number of esters is 1. The van der Waals surface area contributed by atoms with Crippen molar-refractivity contribution in [1.29, 1.82) is 0 Å². The van der Waals surface area contributed by atoms with E-state index in [1.165, 1.54) is 11.3 Å². The highest BCUT2D eigenvalue weighted by atomic mass is 35.5. The van der Waals surface area contributed by atoms with Crippen molar-refractivity contribution in [2.75, 3.05) is 11.9 Å². The lowest BCUT2D eigenvalue weighted by atomic mass is 10.1.